The normalized spacial score (nSPS) is 19.2. The van der Waals surface area contributed by atoms with Crippen molar-refractivity contribution in [3.63, 3.8) is 0 Å². The van der Waals surface area contributed by atoms with Crippen LogP contribution in [0.3, 0.4) is 0 Å². The molecule has 0 bridgehead atoms. The Morgan fingerprint density at radius 1 is 0.707 bits per heavy atom. The van der Waals surface area contributed by atoms with E-state index in [9.17, 15) is 38.7 Å². The molecule has 9 atom stereocenters. The Hall–Kier alpha value is -11.3. The Labute approximate surface area is 777 Å². The number of hydrogen-bond donors (Lipinski definition) is 5. The van der Waals surface area contributed by atoms with Crippen molar-refractivity contribution in [1.82, 2.24) is 64.7 Å². The second kappa shape index (κ2) is 50.7. The number of fused-ring (bicyclic) bond motifs is 3. The second-order valence-corrected chi connectivity index (χ2v) is 35.6. The van der Waals surface area contributed by atoms with E-state index in [0.717, 1.165) is 80.1 Å². The average molecular weight is 1840 g/mol. The number of allylic oxidation sites excluding steroid dienone is 5. The molecule has 0 radical (unpaired) electrons. The van der Waals surface area contributed by atoms with E-state index in [1.807, 2.05) is 89.6 Å². The molecule has 4 aliphatic heterocycles. The minimum atomic E-state index is -0.962. The number of aliphatic hydroxyl groups excluding tert-OH is 1. The van der Waals surface area contributed by atoms with Crippen molar-refractivity contribution >= 4 is 93.5 Å². The molecule has 2 aromatic carbocycles. The van der Waals surface area contributed by atoms with Crippen LogP contribution < -0.4 is 32.3 Å². The van der Waals surface area contributed by atoms with Gasteiger partial charge in [-0.3, -0.25) is 28.8 Å². The summed E-state index contributed by atoms with van der Waals surface area (Å²) in [6.07, 6.45) is 26.9. The molecule has 36 nitrogen and oxygen atoms in total. The van der Waals surface area contributed by atoms with E-state index in [4.69, 9.17) is 69.3 Å². The van der Waals surface area contributed by atoms with Gasteiger partial charge in [0, 0.05) is 148 Å². The van der Waals surface area contributed by atoms with Gasteiger partial charge in [-0.2, -0.15) is 15.1 Å². The largest absolute Gasteiger partial charge is 0.464 e. The maximum absolute atomic E-state index is 13.5. The number of nitrogens with zero attached hydrogens (tertiary/aromatic N) is 14. The molecular formula is C97H134N18O18. The number of piperazine rings is 1. The van der Waals surface area contributed by atoms with Crippen LogP contribution in [-0.2, 0) is 92.7 Å². The number of aliphatic hydroxyl groups is 1. The van der Waals surface area contributed by atoms with Gasteiger partial charge in [0.15, 0.2) is 11.2 Å². The molecule has 5 aliphatic rings. The van der Waals surface area contributed by atoms with Gasteiger partial charge in [-0.05, 0) is 162 Å². The van der Waals surface area contributed by atoms with Crippen LogP contribution in [0, 0.1) is 23.7 Å². The zero-order chi connectivity index (χ0) is 94.3. The van der Waals surface area contributed by atoms with Gasteiger partial charge in [-0.25, -0.2) is 34.4 Å². The number of piperidine rings is 1. The summed E-state index contributed by atoms with van der Waals surface area (Å²) < 4.78 is 59.5. The predicted octanol–water partition coefficient (Wildman–Crippen LogP) is 10.5. The molecule has 0 spiro atoms. The van der Waals surface area contributed by atoms with Crippen molar-refractivity contribution in [3.8, 4) is 11.3 Å². The van der Waals surface area contributed by atoms with E-state index in [2.05, 4.69) is 71.4 Å². The van der Waals surface area contributed by atoms with Crippen LogP contribution in [0.4, 0.5) is 34.3 Å². The lowest BCUT2D eigenvalue weighted by Gasteiger charge is -2.34. The van der Waals surface area contributed by atoms with Crippen LogP contribution in [0.1, 0.15) is 176 Å². The number of ketones is 2. The molecule has 133 heavy (non-hydrogen) atoms. The maximum atomic E-state index is 13.5. The van der Waals surface area contributed by atoms with Crippen LogP contribution in [0.2, 0.25) is 0 Å². The van der Waals surface area contributed by atoms with Gasteiger partial charge in [-0.1, -0.05) is 75.4 Å². The number of amides is 4. The first-order valence-electron chi connectivity index (χ1n) is 46.9. The molecule has 12 rings (SSSR count). The second-order valence-electron chi connectivity index (χ2n) is 35.6. The molecule has 1 saturated carbocycles. The van der Waals surface area contributed by atoms with Crippen molar-refractivity contribution in [3.05, 3.63) is 137 Å². The number of ether oxygens (including phenoxy) is 9. The molecule has 720 valence electrons. The number of Topliss-reactive ketones (excluding diaryl/α,β-unsaturated/α-hetero) is 2. The highest BCUT2D eigenvalue weighted by Gasteiger charge is 2.37. The van der Waals surface area contributed by atoms with Crippen LogP contribution in [0.25, 0.3) is 33.4 Å². The number of nitrogens with two attached hydrogens (primary N) is 3. The molecule has 7 aromatic rings. The first-order chi connectivity index (χ1) is 64.4. The summed E-state index contributed by atoms with van der Waals surface area (Å²) in [4.78, 5) is 131. The van der Waals surface area contributed by atoms with Crippen LogP contribution in [0.5, 0.6) is 0 Å². The van der Waals surface area contributed by atoms with Gasteiger partial charge in [0.25, 0.3) is 24.3 Å². The quantitative estimate of drug-likeness (QED) is 0.00777. The van der Waals surface area contributed by atoms with E-state index in [1.165, 1.54) is 23.0 Å². The summed E-state index contributed by atoms with van der Waals surface area (Å²) in [6, 6.07) is 11.9. The number of anilines is 5. The molecule has 4 fully saturated rings. The molecule has 8 N–H and O–H groups in total. The number of likely N-dealkylation sites (tertiary alicyclic amines) is 1. The van der Waals surface area contributed by atoms with Crippen LogP contribution >= 0.6 is 0 Å². The van der Waals surface area contributed by atoms with E-state index < -0.39 is 36.1 Å². The predicted molar refractivity (Wildman–Crippen MR) is 501 cm³/mol. The van der Waals surface area contributed by atoms with Crippen molar-refractivity contribution < 1.29 is 85.7 Å². The number of rotatable bonds is 49. The van der Waals surface area contributed by atoms with Crippen LogP contribution in [-0.4, -0.2) is 276 Å². The van der Waals surface area contributed by atoms with E-state index in [0.29, 0.717) is 219 Å². The molecule has 9 heterocycles. The van der Waals surface area contributed by atoms with Gasteiger partial charge < -0.3 is 99.2 Å². The molecule has 3 saturated heterocycles. The number of methoxy groups -OCH3 is 2. The molecule has 4 amide bonds. The topological polar surface area (TPSA) is 450 Å². The lowest BCUT2D eigenvalue weighted by Crippen LogP contribution is -2.47. The maximum Gasteiger partial charge on any atom is 0.407 e. The van der Waals surface area contributed by atoms with E-state index in [1.54, 1.807) is 44.6 Å². The van der Waals surface area contributed by atoms with Gasteiger partial charge >= 0.3 is 6.09 Å². The van der Waals surface area contributed by atoms with Gasteiger partial charge in [0.2, 0.25) is 23.6 Å². The number of likely N-dealkylation sites (N-methyl/N-ethyl adjacent to an activating group) is 1. The SMILES string of the molecule is CO[C@@H](CC1CCCC(C(=O)C(=O)N2CCCCC2)O1)/C(C)=C/C=C/C=C/[C@@H](C)C[C@@H](C)C(=O)C[C@H](O)/C(C)=C/[C@@H](C)[C@@H](C[C@@H](CCC1CCC(OC(=O)NCc2cnc(N3CCN(c4ncc(C(=O)N(C)CCOCCOCCOCCOCCC(=O)N5CCc6cc(Cn7nc(-c8ccc9oc(N)nc9c8)c8c(N)ncnc87)ccc6C5)c(N)n4)CC3)nc2)CC1)OC=O)OC. The van der Waals surface area contributed by atoms with Crippen LogP contribution in [0.15, 0.2) is 113 Å². The summed E-state index contributed by atoms with van der Waals surface area (Å²) in [6.45, 7) is 18.5. The summed E-state index contributed by atoms with van der Waals surface area (Å²) in [5.41, 5.74) is 27.6. The lowest BCUT2D eigenvalue weighted by molar-refractivity contribution is -0.157. The van der Waals surface area contributed by atoms with Gasteiger partial charge in [0.1, 0.15) is 58.8 Å². The fourth-order valence-electron chi connectivity index (χ4n) is 17.9. The highest BCUT2D eigenvalue weighted by Crippen LogP contribution is 2.36. The molecule has 36 heteroatoms. The Kier molecular flexibility index (Phi) is 38.4. The van der Waals surface area contributed by atoms with Crippen molar-refractivity contribution in [2.24, 2.45) is 23.7 Å². The number of aromatic nitrogens is 9. The lowest BCUT2D eigenvalue weighted by atomic mass is 9.83. The Morgan fingerprint density at radius 2 is 1.42 bits per heavy atom. The molecule has 5 aromatic heterocycles. The minimum absolute atomic E-state index is 0.00842. The third-order valence-electron chi connectivity index (χ3n) is 25.8. The highest BCUT2D eigenvalue weighted by atomic mass is 16.6. The first-order valence-corrected chi connectivity index (χ1v) is 46.9. The molecule has 2 unspecified atom stereocenters. The molecular weight excluding hydrogens is 1710 g/mol. The first kappa shape index (κ1) is 101. The summed E-state index contributed by atoms with van der Waals surface area (Å²) in [5.74, 6) is 0.206. The zero-order valence-electron chi connectivity index (χ0n) is 78.2. The van der Waals surface area contributed by atoms with Crippen molar-refractivity contribution in [2.45, 2.75) is 213 Å². The van der Waals surface area contributed by atoms with Crippen molar-refractivity contribution in [1.29, 1.82) is 0 Å². The van der Waals surface area contributed by atoms with Gasteiger partial charge in [0.05, 0.1) is 95.6 Å². The number of hydrogen-bond acceptors (Lipinski definition) is 31. The molecule has 1 aliphatic carbocycles. The van der Waals surface area contributed by atoms with E-state index >= 15 is 0 Å². The monoisotopic (exact) mass is 1840 g/mol. The standard InChI is InChI=1S/C97H134N18O18/c1-63(16-11-9-12-17-64(2)83(124-7)53-76-18-15-19-82(131-76)88(120)93(122)111-32-13-10-14-33-111)48-65(3)79(117)54-80(118)66(4)49-67(5)84(125-8)52-75(130-62-116)28-23-68-21-26-74(27-22-68)132-97(123)104-57-70-55-101-95(102-56-70)112-35-37-113(38-36-112)96-103-58-77(89(98)108-96)92(121)110(6)39-41-127-43-45-129-47-46-128-44-42-126-40-31-85(119)114-34-30-71-50-69(20-24-73(71)60-114)59-115-91-86(90(99)105-61-106-91)87(109-115)72-25-29-81-78(51-72)107-94(100)133-81/h9,11-12,16-17,20,24-25,29,49-51,55-56,58,61-63,65,67-68,74-76,80,82-84,118H,10,13-15,18-19,21-23,26-28,30-48,52-54,57,59-60H2,1-8H3,(H2,100,107)(H,104,123)(H2,98,103,108)(H2,99,105,106)/b12-9+,16-11+,64-17+,66-49+/t63-,65-,67-,68?,74?,75-,76?,80+,82?,83+,84-/m1/s1. The summed E-state index contributed by atoms with van der Waals surface area (Å²) in [5, 5.41) is 19.7. The fraction of sp³-hybridized carbons (Fsp3) is 0.577. The third kappa shape index (κ3) is 29.4. The number of nitrogen functional groups attached to an aromatic ring is 3. The number of nitrogens with one attached hydrogen (secondary N) is 1. The van der Waals surface area contributed by atoms with E-state index in [-0.39, 0.29) is 110 Å². The summed E-state index contributed by atoms with van der Waals surface area (Å²) in [7, 11) is 4.95. The highest BCUT2D eigenvalue weighted by molar-refractivity contribution is 6.37. The summed E-state index contributed by atoms with van der Waals surface area (Å²) >= 11 is 0. The number of oxazole rings is 1. The number of alkyl carbamates (subject to hydrolysis) is 1. The Bertz CT molecular complexity index is 5120. The zero-order valence-corrected chi connectivity index (χ0v) is 78.2. The number of benzene rings is 2. The fourth-order valence-corrected chi connectivity index (χ4v) is 17.9. The third-order valence-corrected chi connectivity index (χ3v) is 25.8. The van der Waals surface area contributed by atoms with Crippen molar-refractivity contribution in [2.75, 3.05) is 153 Å². The number of carbonyl (C=O) groups excluding carboxylic acids is 7. The van der Waals surface area contributed by atoms with Gasteiger partial charge in [-0.15, -0.1) is 0 Å². The smallest absolute Gasteiger partial charge is 0.407 e. The average Bonchev–Trinajstić information content (AvgIpc) is 1.61. The Morgan fingerprint density at radius 3 is 2.14 bits per heavy atom. The Balaban J connectivity index is 0.456. The minimum Gasteiger partial charge on any atom is -0.464 e. The number of carbonyl (C=O) groups is 7.